The number of aliphatic carboxylic acids is 1. The molecule has 0 aliphatic rings. The molecule has 0 aliphatic carbocycles. The summed E-state index contributed by atoms with van der Waals surface area (Å²) in [6.45, 7) is 4.04. The second kappa shape index (κ2) is 7.18. The van der Waals surface area contributed by atoms with Crippen molar-refractivity contribution in [2.75, 3.05) is 5.32 Å². The predicted octanol–water partition coefficient (Wildman–Crippen LogP) is 1.73. The number of hydrogen-bond donors (Lipinski definition) is 2. The molecule has 3 rings (SSSR count). The first-order valence-electron chi connectivity index (χ1n) is 7.95. The van der Waals surface area contributed by atoms with Gasteiger partial charge in [-0.25, -0.2) is 14.5 Å². The third kappa shape index (κ3) is 3.94. The minimum absolute atomic E-state index is 0.168. The van der Waals surface area contributed by atoms with Crippen molar-refractivity contribution in [3.8, 4) is 0 Å². The van der Waals surface area contributed by atoms with Crippen molar-refractivity contribution in [1.29, 1.82) is 0 Å². The molecule has 0 bridgehead atoms. The summed E-state index contributed by atoms with van der Waals surface area (Å²) in [6.07, 6.45) is 4.21. The maximum Gasteiger partial charge on any atom is 0.328 e. The molecule has 2 N–H and O–H groups in total. The molecule has 1 unspecified atom stereocenters. The molecule has 9 heteroatoms. The fourth-order valence-electron chi connectivity index (χ4n) is 2.26. The summed E-state index contributed by atoms with van der Waals surface area (Å²) in [6, 6.07) is 7.19. The number of benzene rings is 1. The fraction of sp³-hybridized carbons (Fsp3) is 0.235. The quantitative estimate of drug-likeness (QED) is 0.696. The number of carbonyl (C=O) groups excluding carboxylic acids is 1. The van der Waals surface area contributed by atoms with Crippen LogP contribution in [-0.4, -0.2) is 41.5 Å². The highest BCUT2D eigenvalue weighted by Crippen LogP contribution is 2.09. The summed E-state index contributed by atoms with van der Waals surface area (Å²) >= 11 is 0. The molecule has 0 fully saturated rings. The molecule has 134 valence electrons. The fourth-order valence-corrected chi connectivity index (χ4v) is 2.26. The van der Waals surface area contributed by atoms with Crippen LogP contribution in [0, 0.1) is 6.92 Å². The van der Waals surface area contributed by atoms with Crippen molar-refractivity contribution < 1.29 is 14.7 Å². The molecule has 26 heavy (non-hydrogen) atoms. The Morgan fingerprint density at radius 2 is 2.00 bits per heavy atom. The van der Waals surface area contributed by atoms with Crippen LogP contribution in [0.4, 0.5) is 5.95 Å². The number of nitrogens with one attached hydrogen (secondary N) is 1. The van der Waals surface area contributed by atoms with Gasteiger partial charge in [0.15, 0.2) is 0 Å². The van der Waals surface area contributed by atoms with Crippen LogP contribution in [0.15, 0.2) is 43.0 Å². The largest absolute Gasteiger partial charge is 0.480 e. The number of hydrogen-bond acceptors (Lipinski definition) is 5. The van der Waals surface area contributed by atoms with E-state index in [0.29, 0.717) is 6.54 Å². The third-order valence-electron chi connectivity index (χ3n) is 3.84. The summed E-state index contributed by atoms with van der Waals surface area (Å²) in [5.74, 6) is -1.32. The topological polar surface area (TPSA) is 115 Å². The van der Waals surface area contributed by atoms with Gasteiger partial charge in [0.1, 0.15) is 12.4 Å². The van der Waals surface area contributed by atoms with E-state index in [1.165, 1.54) is 35.9 Å². The van der Waals surface area contributed by atoms with Gasteiger partial charge in [-0.05, 0) is 19.4 Å². The zero-order chi connectivity index (χ0) is 18.7. The van der Waals surface area contributed by atoms with Crippen LogP contribution in [-0.2, 0) is 11.3 Å². The van der Waals surface area contributed by atoms with Crippen LogP contribution >= 0.6 is 0 Å². The molecule has 0 saturated carbocycles. The van der Waals surface area contributed by atoms with Crippen LogP contribution in [0.25, 0.3) is 0 Å². The van der Waals surface area contributed by atoms with Gasteiger partial charge in [-0.3, -0.25) is 14.8 Å². The van der Waals surface area contributed by atoms with Crippen molar-refractivity contribution >= 4 is 17.8 Å². The smallest absolute Gasteiger partial charge is 0.328 e. The Bertz CT molecular complexity index is 928. The minimum Gasteiger partial charge on any atom is -0.480 e. The summed E-state index contributed by atoms with van der Waals surface area (Å²) in [4.78, 5) is 27.2. The van der Waals surface area contributed by atoms with E-state index in [1.54, 1.807) is 4.68 Å². The first kappa shape index (κ1) is 17.3. The Kier molecular flexibility index (Phi) is 4.78. The van der Waals surface area contributed by atoms with E-state index in [9.17, 15) is 9.59 Å². The van der Waals surface area contributed by atoms with Crippen molar-refractivity contribution in [2.45, 2.75) is 26.4 Å². The van der Waals surface area contributed by atoms with E-state index >= 15 is 0 Å². The molecule has 1 atom stereocenters. The molecule has 1 amide bonds. The lowest BCUT2D eigenvalue weighted by molar-refractivity contribution is -0.140. The van der Waals surface area contributed by atoms with Crippen molar-refractivity contribution in [3.05, 3.63) is 59.7 Å². The first-order valence-corrected chi connectivity index (χ1v) is 7.95. The lowest BCUT2D eigenvalue weighted by Gasteiger charge is -2.05. The van der Waals surface area contributed by atoms with Crippen molar-refractivity contribution in [1.82, 2.24) is 24.5 Å². The molecular formula is C17H18N6O3. The average Bonchev–Trinajstić information content (AvgIpc) is 3.26. The Labute approximate surface area is 149 Å². The zero-order valence-electron chi connectivity index (χ0n) is 14.3. The van der Waals surface area contributed by atoms with E-state index in [0.717, 1.165) is 5.56 Å². The molecule has 0 saturated heterocycles. The van der Waals surface area contributed by atoms with Gasteiger partial charge in [0.25, 0.3) is 5.91 Å². The Hall–Kier alpha value is -3.49. The number of carbonyl (C=O) groups is 2. The lowest BCUT2D eigenvalue weighted by Crippen LogP contribution is -2.16. The Morgan fingerprint density at radius 1 is 1.27 bits per heavy atom. The lowest BCUT2D eigenvalue weighted by atomic mass is 10.1. The summed E-state index contributed by atoms with van der Waals surface area (Å²) in [7, 11) is 0. The predicted molar refractivity (Wildman–Crippen MR) is 92.8 cm³/mol. The number of aryl methyl sites for hydroxylation is 1. The van der Waals surface area contributed by atoms with E-state index in [-0.39, 0.29) is 11.5 Å². The van der Waals surface area contributed by atoms with Gasteiger partial charge in [-0.1, -0.05) is 29.8 Å². The van der Waals surface area contributed by atoms with Gasteiger partial charge < -0.3 is 5.11 Å². The minimum atomic E-state index is -1.03. The maximum atomic E-state index is 12.2. The monoisotopic (exact) mass is 354 g/mol. The van der Waals surface area contributed by atoms with Crippen molar-refractivity contribution in [3.63, 3.8) is 0 Å². The Morgan fingerprint density at radius 3 is 2.69 bits per heavy atom. The molecule has 0 radical (unpaired) electrons. The molecule has 1 aromatic carbocycles. The summed E-state index contributed by atoms with van der Waals surface area (Å²) in [5, 5.41) is 19.7. The normalized spacial score (nSPS) is 11.9. The zero-order valence-corrected chi connectivity index (χ0v) is 14.3. The van der Waals surface area contributed by atoms with Crippen LogP contribution in [0.2, 0.25) is 0 Å². The summed E-state index contributed by atoms with van der Waals surface area (Å²) in [5.41, 5.74) is 2.48. The number of carboxylic acids is 1. The molecule has 3 aromatic rings. The number of rotatable bonds is 6. The van der Waals surface area contributed by atoms with Crippen LogP contribution in [0.5, 0.6) is 0 Å². The highest BCUT2D eigenvalue weighted by molar-refractivity contribution is 6.02. The second-order valence-electron chi connectivity index (χ2n) is 5.93. The third-order valence-corrected chi connectivity index (χ3v) is 3.84. The number of anilines is 1. The van der Waals surface area contributed by atoms with Gasteiger partial charge in [0.2, 0.25) is 5.95 Å². The van der Waals surface area contributed by atoms with E-state index < -0.39 is 17.9 Å². The standard InChI is InChI=1S/C17H18N6O3/c1-11-3-5-13(6-4-11)8-22-10-18-17(21-22)20-15(24)14-7-19-23(9-14)12(2)16(25)26/h3-7,9-10,12H,8H2,1-2H3,(H,25,26)(H,20,21,24). The Balaban J connectivity index is 1.64. The first-order chi connectivity index (χ1) is 12.4. The molecule has 2 aromatic heterocycles. The summed E-state index contributed by atoms with van der Waals surface area (Å²) < 4.78 is 2.83. The second-order valence-corrected chi connectivity index (χ2v) is 5.93. The number of aromatic nitrogens is 5. The van der Waals surface area contributed by atoms with Crippen LogP contribution in [0.1, 0.15) is 34.5 Å². The van der Waals surface area contributed by atoms with Gasteiger partial charge in [0, 0.05) is 6.20 Å². The highest BCUT2D eigenvalue weighted by Gasteiger charge is 2.17. The SMILES string of the molecule is Cc1ccc(Cn2cnc(NC(=O)c3cnn(C(C)C(=O)O)c3)n2)cc1. The van der Waals surface area contributed by atoms with E-state index in [4.69, 9.17) is 5.11 Å². The van der Waals surface area contributed by atoms with E-state index in [1.807, 2.05) is 31.2 Å². The number of carboxylic acid groups (broad SMARTS) is 1. The van der Waals surface area contributed by atoms with Gasteiger partial charge in [-0.2, -0.15) is 5.10 Å². The molecule has 0 aliphatic heterocycles. The number of amides is 1. The van der Waals surface area contributed by atoms with Gasteiger partial charge in [-0.15, -0.1) is 5.10 Å². The molecular weight excluding hydrogens is 336 g/mol. The van der Waals surface area contributed by atoms with E-state index in [2.05, 4.69) is 20.5 Å². The van der Waals surface area contributed by atoms with Crippen LogP contribution < -0.4 is 5.32 Å². The average molecular weight is 354 g/mol. The van der Waals surface area contributed by atoms with Crippen LogP contribution in [0.3, 0.4) is 0 Å². The van der Waals surface area contributed by atoms with Gasteiger partial charge >= 0.3 is 5.97 Å². The molecule has 2 heterocycles. The van der Waals surface area contributed by atoms with Crippen molar-refractivity contribution in [2.24, 2.45) is 0 Å². The molecule has 9 nitrogen and oxygen atoms in total. The molecule has 0 spiro atoms. The maximum absolute atomic E-state index is 12.2. The highest BCUT2D eigenvalue weighted by atomic mass is 16.4. The van der Waals surface area contributed by atoms with Gasteiger partial charge in [0.05, 0.1) is 18.3 Å². The number of nitrogens with zero attached hydrogens (tertiary/aromatic N) is 5.